The van der Waals surface area contributed by atoms with Crippen LogP contribution in [0.5, 0.6) is 5.75 Å². The van der Waals surface area contributed by atoms with E-state index in [2.05, 4.69) is 41.8 Å². The van der Waals surface area contributed by atoms with E-state index >= 15 is 0 Å². The van der Waals surface area contributed by atoms with Gasteiger partial charge in [-0.25, -0.2) is 13.4 Å². The Labute approximate surface area is 224 Å². The van der Waals surface area contributed by atoms with Crippen molar-refractivity contribution in [1.29, 1.82) is 5.26 Å². The monoisotopic (exact) mass is 559 g/mol. The first-order valence-corrected chi connectivity index (χ1v) is 14.6. The summed E-state index contributed by atoms with van der Waals surface area (Å²) in [6.07, 6.45) is 1.10. The van der Waals surface area contributed by atoms with E-state index in [0.29, 0.717) is 27.3 Å². The molecule has 1 heterocycles. The van der Waals surface area contributed by atoms with Crippen LogP contribution in [0.25, 0.3) is 21.3 Å². The van der Waals surface area contributed by atoms with Gasteiger partial charge in [0.25, 0.3) is 0 Å². The van der Waals surface area contributed by atoms with Crippen molar-refractivity contribution in [3.63, 3.8) is 0 Å². The molecule has 0 radical (unpaired) electrons. The van der Waals surface area contributed by atoms with Crippen LogP contribution >= 0.6 is 34.5 Å². The molecule has 186 valence electrons. The molecule has 10 heteroatoms. The fourth-order valence-corrected chi connectivity index (χ4v) is 5.91. The first-order chi connectivity index (χ1) is 17.0. The molecule has 1 aromatic heterocycles. The molecular formula is C26H23Cl2N3O3S2. The number of nitriles is 1. The maximum Gasteiger partial charge on any atom is 0.231 e. The number of nitrogens with zero attached hydrogens (tertiary/aromatic N) is 2. The zero-order valence-corrected chi connectivity index (χ0v) is 22.9. The zero-order chi connectivity index (χ0) is 26.1. The third kappa shape index (κ3) is 5.60. The van der Waals surface area contributed by atoms with E-state index in [1.807, 2.05) is 42.5 Å². The maximum atomic E-state index is 11.5. The Balaban J connectivity index is 1.63. The molecule has 0 aliphatic carbocycles. The summed E-state index contributed by atoms with van der Waals surface area (Å²) in [6.45, 7) is 4.42. The number of benzene rings is 3. The second-order valence-corrected chi connectivity index (χ2v) is 12.3. The van der Waals surface area contributed by atoms with Crippen molar-refractivity contribution in [3.05, 3.63) is 76.3 Å². The van der Waals surface area contributed by atoms with Crippen molar-refractivity contribution in [1.82, 2.24) is 4.98 Å². The minimum Gasteiger partial charge on any atom is -0.489 e. The third-order valence-electron chi connectivity index (χ3n) is 5.81. The Bertz CT molecular complexity index is 1570. The largest absolute Gasteiger partial charge is 0.489 e. The number of aromatic nitrogens is 1. The molecule has 6 nitrogen and oxygen atoms in total. The van der Waals surface area contributed by atoms with E-state index in [0.717, 1.165) is 38.7 Å². The van der Waals surface area contributed by atoms with Gasteiger partial charge in [0, 0.05) is 5.41 Å². The summed E-state index contributed by atoms with van der Waals surface area (Å²) in [4.78, 5) is 4.40. The number of nitrogens with one attached hydrogen (secondary N) is 1. The van der Waals surface area contributed by atoms with Gasteiger partial charge in [0.15, 0.2) is 10.9 Å². The average Bonchev–Trinajstić information content (AvgIpc) is 3.22. The molecule has 0 amide bonds. The van der Waals surface area contributed by atoms with E-state index in [1.165, 1.54) is 11.3 Å². The molecule has 4 aromatic rings. The topological polar surface area (TPSA) is 92.1 Å². The molecule has 0 saturated carbocycles. The van der Waals surface area contributed by atoms with Crippen LogP contribution in [0.4, 0.5) is 5.13 Å². The predicted octanol–water partition coefficient (Wildman–Crippen LogP) is 6.80. The minimum atomic E-state index is -3.38. The molecule has 0 saturated heterocycles. The third-order valence-corrected chi connectivity index (χ3v) is 7.89. The van der Waals surface area contributed by atoms with Crippen molar-refractivity contribution in [3.8, 4) is 22.9 Å². The van der Waals surface area contributed by atoms with Gasteiger partial charge in [0.2, 0.25) is 10.0 Å². The average molecular weight is 561 g/mol. The summed E-state index contributed by atoms with van der Waals surface area (Å²) < 4.78 is 31.9. The maximum absolute atomic E-state index is 11.5. The highest BCUT2D eigenvalue weighted by Gasteiger charge is 2.26. The number of sulfonamides is 1. The van der Waals surface area contributed by atoms with Gasteiger partial charge in [-0.2, -0.15) is 5.26 Å². The summed E-state index contributed by atoms with van der Waals surface area (Å²) in [5, 5.41) is 10.4. The highest BCUT2D eigenvalue weighted by Crippen LogP contribution is 2.39. The zero-order valence-electron chi connectivity index (χ0n) is 19.8. The lowest BCUT2D eigenvalue weighted by Gasteiger charge is -2.27. The SMILES string of the molecule is CC(C)(c1ccc(-c2ccc3sc(NS(C)(=O)=O)nc3c2)cc1)c1cc(Cl)c(OCCCl)c(C#N)c1. The van der Waals surface area contributed by atoms with Crippen LogP contribution in [-0.4, -0.2) is 32.1 Å². The van der Waals surface area contributed by atoms with Gasteiger partial charge in [0.1, 0.15) is 12.7 Å². The van der Waals surface area contributed by atoms with E-state index in [1.54, 1.807) is 0 Å². The summed E-state index contributed by atoms with van der Waals surface area (Å²) in [7, 11) is -3.38. The lowest BCUT2D eigenvalue weighted by Crippen LogP contribution is -2.19. The molecule has 0 aliphatic heterocycles. The number of anilines is 1. The first kappa shape index (κ1) is 26.2. The van der Waals surface area contributed by atoms with Crippen LogP contribution in [0.3, 0.4) is 0 Å². The summed E-state index contributed by atoms with van der Waals surface area (Å²) in [5.41, 5.74) is 4.59. The number of hydrogen-bond donors (Lipinski definition) is 1. The quantitative estimate of drug-likeness (QED) is 0.239. The van der Waals surface area contributed by atoms with Crippen molar-refractivity contribution in [2.75, 3.05) is 23.5 Å². The highest BCUT2D eigenvalue weighted by molar-refractivity contribution is 7.92. The molecule has 0 unspecified atom stereocenters. The summed E-state index contributed by atoms with van der Waals surface area (Å²) in [6, 6.07) is 19.8. The van der Waals surface area contributed by atoms with Gasteiger partial charge < -0.3 is 4.74 Å². The van der Waals surface area contributed by atoms with Crippen molar-refractivity contribution in [2.45, 2.75) is 19.3 Å². The molecule has 36 heavy (non-hydrogen) atoms. The molecule has 0 spiro atoms. The van der Waals surface area contributed by atoms with Gasteiger partial charge in [-0.15, -0.1) is 11.6 Å². The molecule has 4 rings (SSSR count). The van der Waals surface area contributed by atoms with Crippen molar-refractivity contribution in [2.24, 2.45) is 0 Å². The molecular weight excluding hydrogens is 537 g/mol. The number of thiazole rings is 1. The van der Waals surface area contributed by atoms with Crippen LogP contribution in [0.1, 0.15) is 30.5 Å². The van der Waals surface area contributed by atoms with Crippen molar-refractivity contribution >= 4 is 59.9 Å². The number of hydrogen-bond acceptors (Lipinski definition) is 6. The standard InChI is InChI=1S/C26H23Cl2N3O3S2/c1-26(2,20-12-18(15-29)24(21(28)14-20)34-11-10-27)19-7-4-16(5-8-19)17-6-9-23-22(13-17)30-25(35-23)31-36(3,32)33/h4-9,12-14H,10-11H2,1-3H3,(H,30,31). The number of fused-ring (bicyclic) bond motifs is 1. The fraction of sp³-hybridized carbons (Fsp3) is 0.231. The highest BCUT2D eigenvalue weighted by atomic mass is 35.5. The number of alkyl halides is 1. The van der Waals surface area contributed by atoms with Gasteiger partial charge in [0.05, 0.1) is 32.9 Å². The summed E-state index contributed by atoms with van der Waals surface area (Å²) >= 11 is 13.5. The second kappa shape index (κ2) is 10.3. The molecule has 1 N–H and O–H groups in total. The molecule has 3 aromatic carbocycles. The van der Waals surface area contributed by atoms with E-state index < -0.39 is 15.4 Å². The van der Waals surface area contributed by atoms with E-state index in [-0.39, 0.29) is 6.61 Å². The van der Waals surface area contributed by atoms with Crippen LogP contribution in [-0.2, 0) is 15.4 Å². The molecule has 0 atom stereocenters. The normalized spacial score (nSPS) is 11.9. The fourth-order valence-electron chi connectivity index (χ4n) is 3.88. The molecule has 0 bridgehead atoms. The van der Waals surface area contributed by atoms with Crippen molar-refractivity contribution < 1.29 is 13.2 Å². The Morgan fingerprint density at radius 3 is 2.42 bits per heavy atom. The van der Waals surface area contributed by atoms with Crippen LogP contribution in [0.2, 0.25) is 5.02 Å². The van der Waals surface area contributed by atoms with Crippen LogP contribution in [0, 0.1) is 11.3 Å². The minimum absolute atomic E-state index is 0.266. The Morgan fingerprint density at radius 1 is 1.08 bits per heavy atom. The molecule has 0 aliphatic rings. The predicted molar refractivity (Wildman–Crippen MR) is 148 cm³/mol. The molecule has 0 fully saturated rings. The smallest absolute Gasteiger partial charge is 0.231 e. The number of ether oxygens (including phenoxy) is 1. The Kier molecular flexibility index (Phi) is 7.48. The lowest BCUT2D eigenvalue weighted by atomic mass is 9.77. The number of rotatable bonds is 8. The lowest BCUT2D eigenvalue weighted by molar-refractivity contribution is 0.341. The second-order valence-electron chi connectivity index (χ2n) is 8.76. The van der Waals surface area contributed by atoms with Crippen LogP contribution < -0.4 is 9.46 Å². The Morgan fingerprint density at radius 2 is 1.78 bits per heavy atom. The first-order valence-electron chi connectivity index (χ1n) is 10.9. The summed E-state index contributed by atoms with van der Waals surface area (Å²) in [5.74, 6) is 0.650. The van der Waals surface area contributed by atoms with E-state index in [4.69, 9.17) is 27.9 Å². The number of halogens is 2. The Hall–Kier alpha value is -2.83. The van der Waals surface area contributed by atoms with Gasteiger partial charge in [-0.05, 0) is 46.5 Å². The van der Waals surface area contributed by atoms with Gasteiger partial charge in [-0.1, -0.05) is 67.1 Å². The van der Waals surface area contributed by atoms with Gasteiger partial charge in [-0.3, -0.25) is 4.72 Å². The van der Waals surface area contributed by atoms with Gasteiger partial charge >= 0.3 is 0 Å². The van der Waals surface area contributed by atoms with E-state index in [9.17, 15) is 13.7 Å². The van der Waals surface area contributed by atoms with Crippen LogP contribution in [0.15, 0.2) is 54.6 Å².